The molecule has 3 aliphatic rings. The van der Waals surface area contributed by atoms with Crippen molar-refractivity contribution in [2.45, 2.75) is 22.6 Å². The molecule has 1 N–H and O–H groups in total. The second kappa shape index (κ2) is 13.6. The predicted molar refractivity (Wildman–Crippen MR) is 169 cm³/mol. The molecule has 1 aromatic heterocycles. The van der Waals surface area contributed by atoms with Gasteiger partial charge in [0.1, 0.15) is 25.1 Å². The van der Waals surface area contributed by atoms with Crippen LogP contribution in [0.5, 0.6) is 0 Å². The Hall–Kier alpha value is -4.55. The van der Waals surface area contributed by atoms with Gasteiger partial charge in [0.05, 0.1) is 6.26 Å². The minimum Gasteiger partial charge on any atom is -0.462 e. The maximum absolute atomic E-state index is 13.4. The van der Waals surface area contributed by atoms with E-state index in [1.165, 1.54) is 13.4 Å². The van der Waals surface area contributed by atoms with Crippen molar-refractivity contribution >= 4 is 35.4 Å². The number of thioether (sulfide) groups is 1. The number of rotatable bonds is 9. The Balaban J connectivity index is 1.29. The molecule has 0 radical (unpaired) electrons. The Kier molecular flexibility index (Phi) is 9.22. The van der Waals surface area contributed by atoms with Gasteiger partial charge in [-0.25, -0.2) is 4.79 Å². The van der Waals surface area contributed by atoms with Gasteiger partial charge in [0.25, 0.3) is 11.8 Å². The fourth-order valence-corrected chi connectivity index (χ4v) is 7.52. The van der Waals surface area contributed by atoms with Gasteiger partial charge in [0.2, 0.25) is 5.71 Å². The second-order valence-corrected chi connectivity index (χ2v) is 12.4. The van der Waals surface area contributed by atoms with Crippen LogP contribution < -0.4 is 5.32 Å². The lowest BCUT2D eigenvalue weighted by Gasteiger charge is -2.50. The maximum Gasteiger partial charge on any atom is 0.410 e. The molecular formula is C33H35N5O6S. The molecule has 234 valence electrons. The van der Waals surface area contributed by atoms with E-state index in [1.807, 2.05) is 43.4 Å². The number of oxime groups is 1. The van der Waals surface area contributed by atoms with Crippen molar-refractivity contribution in [2.75, 3.05) is 46.9 Å². The molecule has 11 nitrogen and oxygen atoms in total. The summed E-state index contributed by atoms with van der Waals surface area (Å²) in [4.78, 5) is 50.2. The highest BCUT2D eigenvalue weighted by atomic mass is 32.2. The molecule has 2 unspecified atom stereocenters. The number of carbonyl (C=O) groups is 3. The van der Waals surface area contributed by atoms with Crippen LogP contribution in [0, 0.1) is 0 Å². The van der Waals surface area contributed by atoms with Crippen molar-refractivity contribution in [1.29, 1.82) is 0 Å². The van der Waals surface area contributed by atoms with Crippen LogP contribution in [-0.4, -0.2) is 102 Å². The molecular weight excluding hydrogens is 594 g/mol. The number of nitrogens with zero attached hydrogens (tertiary/aromatic N) is 4. The van der Waals surface area contributed by atoms with E-state index in [1.54, 1.807) is 39.9 Å². The molecule has 2 saturated heterocycles. The summed E-state index contributed by atoms with van der Waals surface area (Å²) in [5.74, 6) is -0.742. The fourth-order valence-electron chi connectivity index (χ4n) is 5.80. The van der Waals surface area contributed by atoms with Crippen molar-refractivity contribution in [3.63, 3.8) is 0 Å². The van der Waals surface area contributed by atoms with E-state index in [0.717, 1.165) is 29.8 Å². The van der Waals surface area contributed by atoms with Gasteiger partial charge in [0, 0.05) is 43.5 Å². The van der Waals surface area contributed by atoms with Gasteiger partial charge in [-0.3, -0.25) is 9.59 Å². The minimum absolute atomic E-state index is 0.0374. The Morgan fingerprint density at radius 2 is 1.67 bits per heavy atom. The van der Waals surface area contributed by atoms with Gasteiger partial charge < -0.3 is 34.0 Å². The monoisotopic (exact) mass is 629 g/mol. The molecule has 0 bridgehead atoms. The van der Waals surface area contributed by atoms with Gasteiger partial charge in [0.15, 0.2) is 5.76 Å². The molecule has 12 heteroatoms. The molecule has 3 aromatic rings. The maximum atomic E-state index is 13.4. The largest absolute Gasteiger partial charge is 0.462 e. The first-order chi connectivity index (χ1) is 21.9. The van der Waals surface area contributed by atoms with Crippen LogP contribution in [0.4, 0.5) is 4.79 Å². The summed E-state index contributed by atoms with van der Waals surface area (Å²) in [6, 6.07) is 22.7. The highest BCUT2D eigenvalue weighted by Crippen LogP contribution is 2.48. The van der Waals surface area contributed by atoms with Crippen molar-refractivity contribution in [3.05, 3.63) is 108 Å². The summed E-state index contributed by atoms with van der Waals surface area (Å²) >= 11 is 1.57. The number of benzene rings is 2. The molecule has 45 heavy (non-hydrogen) atoms. The molecule has 4 heterocycles. The van der Waals surface area contributed by atoms with Gasteiger partial charge in [-0.15, -0.1) is 11.8 Å². The lowest BCUT2D eigenvalue weighted by atomic mass is 9.85. The van der Waals surface area contributed by atoms with Crippen LogP contribution >= 0.6 is 11.8 Å². The summed E-state index contributed by atoms with van der Waals surface area (Å²) in [6.07, 6.45) is 2.86. The number of carbonyl (C=O) groups excluding carboxylic acids is 3. The first kappa shape index (κ1) is 30.5. The van der Waals surface area contributed by atoms with Crippen LogP contribution in [0.15, 0.2) is 100 Å². The molecule has 3 amide bonds. The molecule has 0 saturated carbocycles. The Morgan fingerprint density at radius 1 is 1.00 bits per heavy atom. The average molecular weight is 630 g/mol. The van der Waals surface area contributed by atoms with Gasteiger partial charge in [-0.05, 0) is 35.9 Å². The number of β-lactam (4-membered cyclic amide) rings is 1. The average Bonchev–Trinajstić information content (AvgIpc) is 3.61. The lowest BCUT2D eigenvalue weighted by Crippen LogP contribution is -2.69. The Labute approximate surface area is 265 Å². The van der Waals surface area contributed by atoms with Crippen molar-refractivity contribution in [3.8, 4) is 0 Å². The number of furan rings is 1. The number of hydrogen-bond donors (Lipinski definition) is 1. The van der Waals surface area contributed by atoms with Crippen molar-refractivity contribution in [2.24, 2.45) is 5.16 Å². The molecule has 0 aliphatic carbocycles. The molecule has 6 rings (SSSR count). The quantitative estimate of drug-likeness (QED) is 0.217. The van der Waals surface area contributed by atoms with Crippen molar-refractivity contribution < 1.29 is 28.4 Å². The van der Waals surface area contributed by atoms with Crippen LogP contribution in [-0.2, 0) is 19.2 Å². The summed E-state index contributed by atoms with van der Waals surface area (Å²) < 4.78 is 11.2. The summed E-state index contributed by atoms with van der Waals surface area (Å²) in [6.45, 7) is 2.81. The molecule has 3 aliphatic heterocycles. The zero-order chi connectivity index (χ0) is 31.3. The van der Waals surface area contributed by atoms with E-state index in [-0.39, 0.29) is 46.6 Å². The zero-order valence-corrected chi connectivity index (χ0v) is 25.9. The molecule has 0 spiro atoms. The van der Waals surface area contributed by atoms with E-state index in [9.17, 15) is 14.4 Å². The number of hydrogen-bond acceptors (Lipinski definition) is 9. The van der Waals surface area contributed by atoms with E-state index < -0.39 is 11.9 Å². The summed E-state index contributed by atoms with van der Waals surface area (Å²) in [5, 5.41) is 6.08. The highest BCUT2D eigenvalue weighted by Gasteiger charge is 2.53. The normalized spacial score (nSPS) is 21.9. The number of fused-ring (bicyclic) bond motifs is 1. The first-order valence-corrected chi connectivity index (χ1v) is 15.7. The first-order valence-electron chi connectivity index (χ1n) is 14.8. The molecule has 2 aromatic carbocycles. The standard InChI is InChI=1S/C33H35N5O6S/c1-36-15-17-37(18-16-36)33(41)44-21-24-20-38-31(40)28(34-30(39)27(35-42-2)25-14-9-19-43-25)32(38)45-29(24)26(22-10-5-3-6-11-22)23-12-7-4-8-13-23/h3-14,19-20,26,28-29,32H,15-18,21H2,1-2H3,(H,34,39)/t28?,29?,32-/m1/s1. The topological polar surface area (TPSA) is 117 Å². The van der Waals surface area contributed by atoms with E-state index in [0.29, 0.717) is 13.1 Å². The molecule has 2 fully saturated rings. The third-order valence-corrected chi connectivity index (χ3v) is 9.87. The highest BCUT2D eigenvalue weighted by molar-refractivity contribution is 8.01. The van der Waals surface area contributed by atoms with Gasteiger partial charge in [-0.2, -0.15) is 0 Å². The van der Waals surface area contributed by atoms with E-state index >= 15 is 0 Å². The second-order valence-electron chi connectivity index (χ2n) is 11.1. The third-order valence-electron chi connectivity index (χ3n) is 8.22. The van der Waals surface area contributed by atoms with E-state index in [2.05, 4.69) is 39.6 Å². The van der Waals surface area contributed by atoms with Crippen LogP contribution in [0.25, 0.3) is 0 Å². The predicted octanol–water partition coefficient (Wildman–Crippen LogP) is 3.50. The number of nitrogens with one attached hydrogen (secondary N) is 1. The number of likely N-dealkylation sites (N-methyl/N-ethyl adjacent to an activating group) is 1. The zero-order valence-electron chi connectivity index (χ0n) is 25.1. The van der Waals surface area contributed by atoms with Gasteiger partial charge >= 0.3 is 6.09 Å². The number of piperazine rings is 1. The number of ether oxygens (including phenoxy) is 1. The van der Waals surface area contributed by atoms with E-state index in [4.69, 9.17) is 14.0 Å². The van der Waals surface area contributed by atoms with Gasteiger partial charge in [-0.1, -0.05) is 65.8 Å². The van der Waals surface area contributed by atoms with Crippen LogP contribution in [0.3, 0.4) is 0 Å². The van der Waals surface area contributed by atoms with Crippen molar-refractivity contribution in [1.82, 2.24) is 20.0 Å². The lowest BCUT2D eigenvalue weighted by molar-refractivity contribution is -0.144. The summed E-state index contributed by atoms with van der Waals surface area (Å²) in [7, 11) is 3.37. The van der Waals surface area contributed by atoms with Crippen LogP contribution in [0.2, 0.25) is 0 Å². The number of amides is 3. The Bertz CT molecular complexity index is 1520. The minimum atomic E-state index is -0.806. The SMILES string of the molecule is CON=C(C(=O)NC1C(=O)N2C=C(COC(=O)N3CCN(C)CC3)C(C(c3ccccc3)c3ccccc3)S[C@H]12)c1ccco1. The third kappa shape index (κ3) is 6.47. The Morgan fingerprint density at radius 3 is 2.27 bits per heavy atom. The summed E-state index contributed by atoms with van der Waals surface area (Å²) in [5.41, 5.74) is 2.92. The molecule has 3 atom stereocenters. The fraction of sp³-hybridized carbons (Fsp3) is 0.333. The van der Waals surface area contributed by atoms with Crippen LogP contribution in [0.1, 0.15) is 22.8 Å². The smallest absolute Gasteiger partial charge is 0.410 e.